The minimum Gasteiger partial charge on any atom is -0.397 e. The Bertz CT molecular complexity index is 652. The third-order valence-electron chi connectivity index (χ3n) is 3.66. The van der Waals surface area contributed by atoms with E-state index >= 15 is 0 Å². The molecule has 0 saturated carbocycles. The Kier molecular flexibility index (Phi) is 4.48. The van der Waals surface area contributed by atoms with Crippen LogP contribution >= 0.6 is 0 Å². The summed E-state index contributed by atoms with van der Waals surface area (Å²) in [6.07, 6.45) is 0. The van der Waals surface area contributed by atoms with E-state index in [0.29, 0.717) is 11.3 Å². The van der Waals surface area contributed by atoms with Crippen LogP contribution in [0.25, 0.3) is 0 Å². The topological polar surface area (TPSA) is 72.3 Å². The molecular weight excluding hydrogens is 262 g/mol. The normalized spacial score (nSPS) is 10.4. The van der Waals surface area contributed by atoms with Crippen molar-refractivity contribution in [3.8, 4) is 0 Å². The van der Waals surface area contributed by atoms with Crippen molar-refractivity contribution in [1.29, 1.82) is 0 Å². The summed E-state index contributed by atoms with van der Waals surface area (Å²) in [7, 11) is 0. The second-order valence-corrected chi connectivity index (χ2v) is 5.08. The fraction of sp³-hybridized carbons (Fsp3) is 0.235. The maximum Gasteiger partial charge on any atom is 0.248 e. The molecule has 4 nitrogen and oxygen atoms in total. The molecule has 2 rings (SSSR count). The maximum absolute atomic E-state index is 11.4. The van der Waals surface area contributed by atoms with E-state index in [2.05, 4.69) is 30.9 Å². The zero-order chi connectivity index (χ0) is 15.4. The minimum atomic E-state index is -0.441. The van der Waals surface area contributed by atoms with Crippen LogP contribution in [-0.4, -0.2) is 12.5 Å². The van der Waals surface area contributed by atoms with Crippen LogP contribution in [0.4, 0.5) is 11.4 Å². The molecule has 0 bridgehead atoms. The van der Waals surface area contributed by atoms with Crippen LogP contribution < -0.4 is 16.4 Å². The van der Waals surface area contributed by atoms with Gasteiger partial charge in [-0.15, -0.1) is 0 Å². The lowest BCUT2D eigenvalue weighted by Gasteiger charge is -2.26. The predicted octanol–water partition coefficient (Wildman–Crippen LogP) is 2.70. The molecule has 0 aliphatic carbocycles. The maximum atomic E-state index is 11.4. The van der Waals surface area contributed by atoms with Gasteiger partial charge in [0.15, 0.2) is 0 Å². The molecule has 0 saturated heterocycles. The standard InChI is InChI=1S/C17H21N3O/c1-3-20(11-14-7-5-4-6-12(14)2)16-10-13(17(19)21)8-9-15(16)18/h4-10H,3,11,18H2,1-2H3,(H2,19,21). The average Bonchev–Trinajstić information content (AvgIpc) is 2.47. The number of hydrogen-bond donors (Lipinski definition) is 2. The highest BCUT2D eigenvalue weighted by Gasteiger charge is 2.12. The number of nitrogens with zero attached hydrogens (tertiary/aromatic N) is 1. The number of nitrogen functional groups attached to an aromatic ring is 1. The number of aryl methyl sites for hydroxylation is 1. The molecule has 2 aromatic carbocycles. The van der Waals surface area contributed by atoms with Crippen molar-refractivity contribution in [2.75, 3.05) is 17.2 Å². The number of primary amides is 1. The van der Waals surface area contributed by atoms with E-state index in [1.807, 2.05) is 12.1 Å². The van der Waals surface area contributed by atoms with Crippen molar-refractivity contribution >= 4 is 17.3 Å². The third-order valence-corrected chi connectivity index (χ3v) is 3.66. The highest BCUT2D eigenvalue weighted by molar-refractivity contribution is 5.95. The third kappa shape index (κ3) is 3.34. The van der Waals surface area contributed by atoms with Crippen LogP contribution in [0.3, 0.4) is 0 Å². The highest BCUT2D eigenvalue weighted by atomic mass is 16.1. The van der Waals surface area contributed by atoms with Crippen molar-refractivity contribution < 1.29 is 4.79 Å². The molecule has 0 unspecified atom stereocenters. The number of carbonyl (C=O) groups is 1. The average molecular weight is 283 g/mol. The molecule has 0 aromatic heterocycles. The van der Waals surface area contributed by atoms with E-state index in [4.69, 9.17) is 11.5 Å². The van der Waals surface area contributed by atoms with Crippen molar-refractivity contribution in [1.82, 2.24) is 0 Å². The molecular formula is C17H21N3O. The van der Waals surface area contributed by atoms with Gasteiger partial charge in [-0.1, -0.05) is 24.3 Å². The van der Waals surface area contributed by atoms with E-state index in [9.17, 15) is 4.79 Å². The summed E-state index contributed by atoms with van der Waals surface area (Å²) in [6.45, 7) is 5.69. The van der Waals surface area contributed by atoms with Crippen LogP contribution in [0.1, 0.15) is 28.4 Å². The van der Waals surface area contributed by atoms with Gasteiger partial charge in [-0.25, -0.2) is 0 Å². The van der Waals surface area contributed by atoms with E-state index < -0.39 is 5.91 Å². The molecule has 2 aromatic rings. The van der Waals surface area contributed by atoms with Gasteiger partial charge in [0, 0.05) is 18.7 Å². The number of rotatable bonds is 5. The second-order valence-electron chi connectivity index (χ2n) is 5.08. The van der Waals surface area contributed by atoms with Crippen LogP contribution in [-0.2, 0) is 6.54 Å². The molecule has 0 fully saturated rings. The Morgan fingerprint density at radius 3 is 2.52 bits per heavy atom. The summed E-state index contributed by atoms with van der Waals surface area (Å²) in [5, 5.41) is 0. The molecule has 0 aliphatic heterocycles. The van der Waals surface area contributed by atoms with Crippen LogP contribution in [0.5, 0.6) is 0 Å². The largest absolute Gasteiger partial charge is 0.397 e. The number of benzene rings is 2. The lowest BCUT2D eigenvalue weighted by atomic mass is 10.1. The zero-order valence-corrected chi connectivity index (χ0v) is 12.5. The van der Waals surface area contributed by atoms with Crippen molar-refractivity contribution in [3.05, 3.63) is 59.2 Å². The SMILES string of the molecule is CCN(Cc1ccccc1C)c1cc(C(N)=O)ccc1N. The summed E-state index contributed by atoms with van der Waals surface area (Å²) < 4.78 is 0. The number of carbonyl (C=O) groups excluding carboxylic acids is 1. The number of nitrogens with two attached hydrogens (primary N) is 2. The zero-order valence-electron chi connectivity index (χ0n) is 12.5. The highest BCUT2D eigenvalue weighted by Crippen LogP contribution is 2.26. The van der Waals surface area contributed by atoms with Gasteiger partial charge in [-0.2, -0.15) is 0 Å². The summed E-state index contributed by atoms with van der Waals surface area (Å²) in [6, 6.07) is 13.4. The molecule has 0 spiro atoms. The van der Waals surface area contributed by atoms with Gasteiger partial charge in [0.25, 0.3) is 0 Å². The quantitative estimate of drug-likeness (QED) is 0.829. The molecule has 21 heavy (non-hydrogen) atoms. The lowest BCUT2D eigenvalue weighted by Crippen LogP contribution is -2.24. The lowest BCUT2D eigenvalue weighted by molar-refractivity contribution is 0.100. The van der Waals surface area contributed by atoms with Crippen molar-refractivity contribution in [2.45, 2.75) is 20.4 Å². The van der Waals surface area contributed by atoms with Gasteiger partial charge >= 0.3 is 0 Å². The summed E-state index contributed by atoms with van der Waals surface area (Å²) in [4.78, 5) is 13.5. The summed E-state index contributed by atoms with van der Waals surface area (Å²) in [5.74, 6) is -0.441. The second kappa shape index (κ2) is 6.31. The molecule has 4 heteroatoms. The minimum absolute atomic E-state index is 0.441. The molecule has 0 radical (unpaired) electrons. The van der Waals surface area contributed by atoms with E-state index in [1.54, 1.807) is 18.2 Å². The first-order valence-electron chi connectivity index (χ1n) is 7.01. The van der Waals surface area contributed by atoms with Crippen LogP contribution in [0.15, 0.2) is 42.5 Å². The van der Waals surface area contributed by atoms with E-state index in [0.717, 1.165) is 18.8 Å². The first-order chi connectivity index (χ1) is 10.0. The molecule has 0 heterocycles. The monoisotopic (exact) mass is 283 g/mol. The predicted molar refractivity (Wildman–Crippen MR) is 87.3 cm³/mol. The summed E-state index contributed by atoms with van der Waals surface area (Å²) in [5.41, 5.74) is 15.9. The van der Waals surface area contributed by atoms with Crippen LogP contribution in [0.2, 0.25) is 0 Å². The molecule has 1 amide bonds. The summed E-state index contributed by atoms with van der Waals surface area (Å²) >= 11 is 0. The van der Waals surface area contributed by atoms with Crippen molar-refractivity contribution in [3.63, 3.8) is 0 Å². The Labute approximate surface area is 125 Å². The first-order valence-corrected chi connectivity index (χ1v) is 7.01. The number of hydrogen-bond acceptors (Lipinski definition) is 3. The van der Waals surface area contributed by atoms with Gasteiger partial charge in [0.05, 0.1) is 11.4 Å². The molecule has 110 valence electrons. The van der Waals surface area contributed by atoms with Gasteiger partial charge < -0.3 is 16.4 Å². The molecule has 0 atom stereocenters. The smallest absolute Gasteiger partial charge is 0.248 e. The number of anilines is 2. The van der Waals surface area contributed by atoms with Gasteiger partial charge in [-0.05, 0) is 43.2 Å². The van der Waals surface area contributed by atoms with E-state index in [-0.39, 0.29) is 0 Å². The Balaban J connectivity index is 2.35. The Hall–Kier alpha value is -2.49. The Morgan fingerprint density at radius 2 is 1.90 bits per heavy atom. The van der Waals surface area contributed by atoms with E-state index in [1.165, 1.54) is 11.1 Å². The number of amides is 1. The van der Waals surface area contributed by atoms with Crippen molar-refractivity contribution in [2.24, 2.45) is 5.73 Å². The van der Waals surface area contributed by atoms with Crippen LogP contribution in [0, 0.1) is 6.92 Å². The fourth-order valence-corrected chi connectivity index (χ4v) is 2.33. The fourth-order valence-electron chi connectivity index (χ4n) is 2.33. The van der Waals surface area contributed by atoms with Gasteiger partial charge in [0.1, 0.15) is 0 Å². The Morgan fingerprint density at radius 1 is 1.19 bits per heavy atom. The van der Waals surface area contributed by atoms with Gasteiger partial charge in [-0.3, -0.25) is 4.79 Å². The molecule has 4 N–H and O–H groups in total. The molecule has 0 aliphatic rings. The van der Waals surface area contributed by atoms with Gasteiger partial charge in [0.2, 0.25) is 5.91 Å². The first kappa shape index (κ1) is 14.9.